The SMILES string of the molecule is CCc1c([N+](=O)[O-])ccnc1C. The summed E-state index contributed by atoms with van der Waals surface area (Å²) in [6.07, 6.45) is 2.11. The summed E-state index contributed by atoms with van der Waals surface area (Å²) in [5, 5.41) is 10.5. The van der Waals surface area contributed by atoms with Crippen molar-refractivity contribution in [3.05, 3.63) is 33.6 Å². The average Bonchev–Trinajstić information content (AvgIpc) is 2.03. The number of aromatic nitrogens is 1. The first-order valence-corrected chi connectivity index (χ1v) is 3.75. The summed E-state index contributed by atoms with van der Waals surface area (Å²) < 4.78 is 0. The van der Waals surface area contributed by atoms with Crippen molar-refractivity contribution in [1.82, 2.24) is 4.98 Å². The fraction of sp³-hybridized carbons (Fsp3) is 0.375. The Hall–Kier alpha value is -1.45. The van der Waals surface area contributed by atoms with E-state index < -0.39 is 0 Å². The lowest BCUT2D eigenvalue weighted by atomic mass is 10.1. The van der Waals surface area contributed by atoms with Crippen LogP contribution in [0.3, 0.4) is 0 Å². The van der Waals surface area contributed by atoms with Gasteiger partial charge in [0.05, 0.1) is 10.5 Å². The smallest absolute Gasteiger partial charge is 0.261 e. The predicted molar refractivity (Wildman–Crippen MR) is 45.0 cm³/mol. The molecular weight excluding hydrogens is 156 g/mol. The number of hydrogen-bond acceptors (Lipinski definition) is 3. The van der Waals surface area contributed by atoms with Gasteiger partial charge in [-0.15, -0.1) is 0 Å². The average molecular weight is 166 g/mol. The molecule has 0 fully saturated rings. The Morgan fingerprint density at radius 2 is 2.33 bits per heavy atom. The van der Waals surface area contributed by atoms with Crippen LogP contribution >= 0.6 is 0 Å². The van der Waals surface area contributed by atoms with Crippen molar-refractivity contribution in [2.24, 2.45) is 0 Å². The Labute approximate surface area is 70.4 Å². The van der Waals surface area contributed by atoms with Crippen LogP contribution < -0.4 is 0 Å². The molecule has 0 bridgehead atoms. The van der Waals surface area contributed by atoms with Crippen molar-refractivity contribution in [2.75, 3.05) is 0 Å². The molecule has 0 saturated heterocycles. The number of nitro groups is 1. The van der Waals surface area contributed by atoms with Gasteiger partial charge in [0.25, 0.3) is 5.69 Å². The van der Waals surface area contributed by atoms with Gasteiger partial charge in [-0.25, -0.2) is 0 Å². The highest BCUT2D eigenvalue weighted by Gasteiger charge is 2.13. The van der Waals surface area contributed by atoms with Crippen LogP contribution in [0.15, 0.2) is 12.3 Å². The van der Waals surface area contributed by atoms with E-state index in [1.54, 1.807) is 6.92 Å². The first-order chi connectivity index (χ1) is 5.66. The first-order valence-electron chi connectivity index (χ1n) is 3.75. The minimum absolute atomic E-state index is 0.171. The molecule has 0 aliphatic heterocycles. The van der Waals surface area contributed by atoms with Gasteiger partial charge in [-0.2, -0.15) is 0 Å². The molecule has 0 amide bonds. The summed E-state index contributed by atoms with van der Waals surface area (Å²) in [6.45, 7) is 3.67. The van der Waals surface area contributed by atoms with Gasteiger partial charge in [0.2, 0.25) is 0 Å². The second-order valence-corrected chi connectivity index (χ2v) is 2.50. The lowest BCUT2D eigenvalue weighted by Crippen LogP contribution is -1.98. The molecule has 64 valence electrons. The Kier molecular flexibility index (Phi) is 2.38. The van der Waals surface area contributed by atoms with Crippen LogP contribution in [0, 0.1) is 17.0 Å². The molecule has 1 aromatic rings. The van der Waals surface area contributed by atoms with E-state index in [1.807, 2.05) is 6.92 Å². The monoisotopic (exact) mass is 166 g/mol. The molecule has 4 nitrogen and oxygen atoms in total. The summed E-state index contributed by atoms with van der Waals surface area (Å²) >= 11 is 0. The van der Waals surface area contributed by atoms with Crippen molar-refractivity contribution in [3.8, 4) is 0 Å². The lowest BCUT2D eigenvalue weighted by molar-refractivity contribution is -0.385. The van der Waals surface area contributed by atoms with E-state index in [4.69, 9.17) is 0 Å². The molecule has 0 aliphatic rings. The molecule has 1 heterocycles. The summed E-state index contributed by atoms with van der Waals surface area (Å²) in [4.78, 5) is 14.1. The highest BCUT2D eigenvalue weighted by molar-refractivity contribution is 5.41. The number of aryl methyl sites for hydroxylation is 1. The quantitative estimate of drug-likeness (QED) is 0.497. The fourth-order valence-corrected chi connectivity index (χ4v) is 1.19. The predicted octanol–water partition coefficient (Wildman–Crippen LogP) is 1.86. The fourth-order valence-electron chi connectivity index (χ4n) is 1.19. The zero-order chi connectivity index (χ0) is 9.14. The van der Waals surface area contributed by atoms with Crippen LogP contribution in [0.1, 0.15) is 18.2 Å². The number of hydrogen-bond donors (Lipinski definition) is 0. The Balaban J connectivity index is 3.27. The molecule has 1 aromatic heterocycles. The summed E-state index contributed by atoms with van der Waals surface area (Å²) in [7, 11) is 0. The molecule has 0 atom stereocenters. The molecule has 12 heavy (non-hydrogen) atoms. The highest BCUT2D eigenvalue weighted by Crippen LogP contribution is 2.19. The molecule has 0 aromatic carbocycles. The van der Waals surface area contributed by atoms with Crippen LogP contribution in [0.2, 0.25) is 0 Å². The van der Waals surface area contributed by atoms with Gasteiger partial charge in [0.1, 0.15) is 0 Å². The third-order valence-electron chi connectivity index (χ3n) is 1.80. The van der Waals surface area contributed by atoms with Crippen molar-refractivity contribution in [3.63, 3.8) is 0 Å². The molecule has 4 heteroatoms. The molecule has 0 saturated carbocycles. The van der Waals surface area contributed by atoms with Gasteiger partial charge >= 0.3 is 0 Å². The van der Waals surface area contributed by atoms with E-state index in [0.29, 0.717) is 6.42 Å². The summed E-state index contributed by atoms with van der Waals surface area (Å²) in [5.74, 6) is 0. The molecule has 0 N–H and O–H groups in total. The second-order valence-electron chi connectivity index (χ2n) is 2.50. The van der Waals surface area contributed by atoms with Crippen molar-refractivity contribution in [2.45, 2.75) is 20.3 Å². The molecule has 0 aliphatic carbocycles. The largest absolute Gasteiger partial charge is 0.275 e. The lowest BCUT2D eigenvalue weighted by Gasteiger charge is -2.01. The number of rotatable bonds is 2. The molecular formula is C8H10N2O2. The zero-order valence-electron chi connectivity index (χ0n) is 7.07. The third kappa shape index (κ3) is 1.42. The minimum Gasteiger partial charge on any atom is -0.261 e. The summed E-state index contributed by atoms with van der Waals surface area (Å²) in [5.41, 5.74) is 1.64. The van der Waals surface area contributed by atoms with Gasteiger partial charge in [0.15, 0.2) is 0 Å². The normalized spacial score (nSPS) is 9.83. The molecule has 0 spiro atoms. The second kappa shape index (κ2) is 3.30. The Morgan fingerprint density at radius 1 is 1.67 bits per heavy atom. The highest BCUT2D eigenvalue weighted by atomic mass is 16.6. The zero-order valence-corrected chi connectivity index (χ0v) is 7.07. The number of pyridine rings is 1. The van der Waals surface area contributed by atoms with Crippen LogP contribution in [0.4, 0.5) is 5.69 Å². The van der Waals surface area contributed by atoms with Crippen molar-refractivity contribution in [1.29, 1.82) is 0 Å². The van der Waals surface area contributed by atoms with E-state index in [2.05, 4.69) is 4.98 Å². The topological polar surface area (TPSA) is 56.0 Å². The van der Waals surface area contributed by atoms with E-state index >= 15 is 0 Å². The number of nitrogens with zero attached hydrogens (tertiary/aromatic N) is 2. The van der Waals surface area contributed by atoms with Gasteiger partial charge in [-0.3, -0.25) is 15.1 Å². The first kappa shape index (κ1) is 8.64. The van der Waals surface area contributed by atoms with Crippen LogP contribution in [-0.4, -0.2) is 9.91 Å². The molecule has 1 rings (SSSR count). The Morgan fingerprint density at radius 3 is 2.75 bits per heavy atom. The van der Waals surface area contributed by atoms with Crippen LogP contribution in [0.5, 0.6) is 0 Å². The maximum Gasteiger partial charge on any atom is 0.275 e. The molecule has 0 radical (unpaired) electrons. The maximum absolute atomic E-state index is 10.5. The van der Waals surface area contributed by atoms with Crippen molar-refractivity contribution >= 4 is 5.69 Å². The molecule has 0 unspecified atom stereocenters. The van der Waals surface area contributed by atoms with E-state index in [-0.39, 0.29) is 10.6 Å². The van der Waals surface area contributed by atoms with Crippen LogP contribution in [0.25, 0.3) is 0 Å². The van der Waals surface area contributed by atoms with E-state index in [0.717, 1.165) is 11.3 Å². The Bertz CT molecular complexity index is 310. The summed E-state index contributed by atoms with van der Waals surface area (Å²) in [6, 6.07) is 1.44. The van der Waals surface area contributed by atoms with Gasteiger partial charge in [-0.1, -0.05) is 6.92 Å². The van der Waals surface area contributed by atoms with Gasteiger partial charge in [-0.05, 0) is 13.3 Å². The van der Waals surface area contributed by atoms with Gasteiger partial charge in [0, 0.05) is 18.0 Å². The minimum atomic E-state index is -0.368. The van der Waals surface area contributed by atoms with E-state index in [9.17, 15) is 10.1 Å². The van der Waals surface area contributed by atoms with E-state index in [1.165, 1.54) is 12.3 Å². The van der Waals surface area contributed by atoms with Crippen LogP contribution in [-0.2, 0) is 6.42 Å². The van der Waals surface area contributed by atoms with Crippen molar-refractivity contribution < 1.29 is 4.92 Å². The standard InChI is InChI=1S/C8H10N2O2/c1-3-7-6(2)9-5-4-8(7)10(11)12/h4-5H,3H2,1-2H3. The van der Waals surface area contributed by atoms with Gasteiger partial charge < -0.3 is 0 Å². The maximum atomic E-state index is 10.5. The third-order valence-corrected chi connectivity index (χ3v) is 1.80.